The van der Waals surface area contributed by atoms with E-state index in [1.807, 2.05) is 0 Å². The smallest absolute Gasteiger partial charge is 0.341 e. The summed E-state index contributed by atoms with van der Waals surface area (Å²) in [5.74, 6) is -0.0478. The number of hydrogen-bond donors (Lipinski definition) is 0. The van der Waals surface area contributed by atoms with Crippen LogP contribution in [0.3, 0.4) is 0 Å². The molecule has 1 heterocycles. The quantitative estimate of drug-likeness (QED) is 0.590. The Bertz CT molecular complexity index is 1040. The van der Waals surface area contributed by atoms with Crippen LogP contribution in [-0.2, 0) is 21.3 Å². The van der Waals surface area contributed by atoms with E-state index in [-0.39, 0.29) is 22.9 Å². The number of carbonyl (C=O) groups excluding carboxylic acids is 2. The van der Waals surface area contributed by atoms with Crippen LogP contribution in [0.1, 0.15) is 51.6 Å². The fourth-order valence-electron chi connectivity index (χ4n) is 3.17. The monoisotopic (exact) mass is 436 g/mol. The molecule has 0 radical (unpaired) electrons. The van der Waals surface area contributed by atoms with Gasteiger partial charge in [0, 0.05) is 25.7 Å². The molecule has 0 spiro atoms. The summed E-state index contributed by atoms with van der Waals surface area (Å²) in [4.78, 5) is 26.2. The summed E-state index contributed by atoms with van der Waals surface area (Å²) >= 11 is 0. The van der Waals surface area contributed by atoms with E-state index in [9.17, 15) is 18.0 Å². The average Bonchev–Trinajstić information content (AvgIpc) is 3.07. The normalized spacial score (nSPS) is 11.6. The number of nitrogens with zero attached hydrogens (tertiary/aromatic N) is 2. The summed E-state index contributed by atoms with van der Waals surface area (Å²) < 4.78 is 37.5. The number of amides is 1. The van der Waals surface area contributed by atoms with Crippen molar-refractivity contribution in [2.24, 2.45) is 0 Å². The van der Waals surface area contributed by atoms with Gasteiger partial charge in [0.05, 0.1) is 18.6 Å². The van der Waals surface area contributed by atoms with Crippen molar-refractivity contribution in [2.75, 3.05) is 27.2 Å². The molecular weight excluding hydrogens is 408 g/mol. The van der Waals surface area contributed by atoms with Gasteiger partial charge in [0.15, 0.2) is 0 Å². The van der Waals surface area contributed by atoms with Crippen LogP contribution in [0.15, 0.2) is 33.6 Å². The molecule has 0 bridgehead atoms. The molecule has 9 heteroatoms. The van der Waals surface area contributed by atoms with Crippen LogP contribution < -0.4 is 0 Å². The van der Waals surface area contributed by atoms with Gasteiger partial charge in [-0.2, -0.15) is 4.31 Å². The Balaban J connectivity index is 2.30. The number of carbonyl (C=O) groups is 2. The number of methoxy groups -OCH3 is 1. The number of esters is 1. The summed E-state index contributed by atoms with van der Waals surface area (Å²) in [6.07, 6.45) is 0. The van der Waals surface area contributed by atoms with Crippen molar-refractivity contribution < 1.29 is 27.2 Å². The average molecular weight is 437 g/mol. The molecule has 0 aliphatic carbocycles. The lowest BCUT2D eigenvalue weighted by molar-refractivity contribution is 0.0598. The number of hydrogen-bond acceptors (Lipinski definition) is 6. The lowest BCUT2D eigenvalue weighted by atomic mass is 10.1. The van der Waals surface area contributed by atoms with Gasteiger partial charge < -0.3 is 14.1 Å². The minimum atomic E-state index is -3.69. The van der Waals surface area contributed by atoms with Crippen molar-refractivity contribution in [1.82, 2.24) is 9.21 Å². The van der Waals surface area contributed by atoms with E-state index < -0.39 is 16.0 Å². The molecular formula is C21H28N2O6S. The molecule has 1 amide bonds. The van der Waals surface area contributed by atoms with Gasteiger partial charge in [-0.3, -0.25) is 4.79 Å². The summed E-state index contributed by atoms with van der Waals surface area (Å²) in [6.45, 7) is 7.69. The molecule has 2 rings (SSSR count). The van der Waals surface area contributed by atoms with E-state index in [2.05, 4.69) is 0 Å². The van der Waals surface area contributed by atoms with Crippen LogP contribution in [-0.4, -0.2) is 56.7 Å². The van der Waals surface area contributed by atoms with Crippen LogP contribution in [0.4, 0.5) is 0 Å². The summed E-state index contributed by atoms with van der Waals surface area (Å²) in [5, 5.41) is 0. The van der Waals surface area contributed by atoms with Crippen molar-refractivity contribution in [1.29, 1.82) is 0 Å². The molecule has 0 N–H and O–H groups in total. The van der Waals surface area contributed by atoms with Crippen LogP contribution in [0, 0.1) is 13.8 Å². The summed E-state index contributed by atoms with van der Waals surface area (Å²) in [6, 6.07) is 6.18. The molecule has 0 saturated carbocycles. The zero-order valence-corrected chi connectivity index (χ0v) is 19.0. The Hall–Kier alpha value is -2.65. The second-order valence-corrected chi connectivity index (χ2v) is 8.81. The first kappa shape index (κ1) is 23.6. The molecule has 164 valence electrons. The third kappa shape index (κ3) is 4.73. The van der Waals surface area contributed by atoms with Gasteiger partial charge in [0.1, 0.15) is 17.1 Å². The molecule has 0 fully saturated rings. The van der Waals surface area contributed by atoms with E-state index in [4.69, 9.17) is 9.15 Å². The zero-order valence-electron chi connectivity index (χ0n) is 18.2. The van der Waals surface area contributed by atoms with E-state index in [0.717, 1.165) is 0 Å². The maximum atomic E-state index is 12.9. The Morgan fingerprint density at radius 2 is 1.73 bits per heavy atom. The highest BCUT2D eigenvalue weighted by molar-refractivity contribution is 7.89. The van der Waals surface area contributed by atoms with Crippen LogP contribution in [0.5, 0.6) is 0 Å². The predicted octanol–water partition coefficient (Wildman–Crippen LogP) is 2.99. The fourth-order valence-corrected chi connectivity index (χ4v) is 4.88. The minimum absolute atomic E-state index is 0.114. The summed E-state index contributed by atoms with van der Waals surface area (Å²) in [5.41, 5.74) is 1.13. The number of ether oxygens (including phenoxy) is 1. The Morgan fingerprint density at radius 3 is 2.30 bits per heavy atom. The van der Waals surface area contributed by atoms with Crippen molar-refractivity contribution >= 4 is 21.9 Å². The van der Waals surface area contributed by atoms with Gasteiger partial charge in [-0.15, -0.1) is 0 Å². The third-order valence-electron chi connectivity index (χ3n) is 4.87. The number of furan rings is 1. The molecule has 0 aliphatic rings. The molecule has 8 nitrogen and oxygen atoms in total. The predicted molar refractivity (Wildman–Crippen MR) is 112 cm³/mol. The van der Waals surface area contributed by atoms with Gasteiger partial charge in [0.2, 0.25) is 10.0 Å². The van der Waals surface area contributed by atoms with Gasteiger partial charge in [-0.25, -0.2) is 13.2 Å². The Morgan fingerprint density at radius 1 is 1.10 bits per heavy atom. The van der Waals surface area contributed by atoms with Crippen LogP contribution in [0.25, 0.3) is 0 Å². The second-order valence-electron chi connectivity index (χ2n) is 6.90. The second kappa shape index (κ2) is 9.44. The summed E-state index contributed by atoms with van der Waals surface area (Å²) in [7, 11) is -0.832. The number of sulfonamides is 1. The molecule has 0 aliphatic heterocycles. The van der Waals surface area contributed by atoms with E-state index in [1.165, 1.54) is 28.4 Å². The Labute approximate surface area is 177 Å². The Kier molecular flexibility index (Phi) is 7.44. The van der Waals surface area contributed by atoms with Gasteiger partial charge in [0.25, 0.3) is 5.91 Å². The van der Waals surface area contributed by atoms with Crippen LogP contribution >= 0.6 is 0 Å². The van der Waals surface area contributed by atoms with Gasteiger partial charge in [-0.1, -0.05) is 19.9 Å². The topological polar surface area (TPSA) is 97.1 Å². The van der Waals surface area contributed by atoms with Crippen molar-refractivity contribution in [3.05, 3.63) is 52.5 Å². The van der Waals surface area contributed by atoms with Crippen LogP contribution in [0.2, 0.25) is 0 Å². The fraction of sp³-hybridized carbons (Fsp3) is 0.429. The lowest BCUT2D eigenvalue weighted by Crippen LogP contribution is -2.31. The molecule has 0 unspecified atom stereocenters. The molecule has 30 heavy (non-hydrogen) atoms. The highest BCUT2D eigenvalue weighted by Gasteiger charge is 2.26. The van der Waals surface area contributed by atoms with E-state index in [0.29, 0.717) is 35.7 Å². The molecule has 0 atom stereocenters. The van der Waals surface area contributed by atoms with Gasteiger partial charge in [-0.05, 0) is 37.6 Å². The SMILES string of the molecule is CCN(CC)S(=O)(=O)c1cc(C(=O)N(C)Cc2cc(C(=O)OC)c(C)o2)ccc1C. The largest absolute Gasteiger partial charge is 0.465 e. The number of aryl methyl sites for hydroxylation is 2. The van der Waals surface area contributed by atoms with Crippen molar-refractivity contribution in [3.8, 4) is 0 Å². The van der Waals surface area contributed by atoms with Gasteiger partial charge >= 0.3 is 5.97 Å². The molecule has 1 aromatic heterocycles. The highest BCUT2D eigenvalue weighted by Crippen LogP contribution is 2.23. The van der Waals surface area contributed by atoms with Crippen molar-refractivity contribution in [2.45, 2.75) is 39.1 Å². The molecule has 2 aromatic rings. The first-order chi connectivity index (χ1) is 14.1. The third-order valence-corrected chi connectivity index (χ3v) is 7.06. The molecule has 0 saturated heterocycles. The maximum Gasteiger partial charge on any atom is 0.341 e. The zero-order chi connectivity index (χ0) is 22.6. The highest BCUT2D eigenvalue weighted by atomic mass is 32.2. The van der Waals surface area contributed by atoms with Crippen molar-refractivity contribution in [3.63, 3.8) is 0 Å². The number of benzene rings is 1. The minimum Gasteiger partial charge on any atom is -0.465 e. The first-order valence-electron chi connectivity index (χ1n) is 9.60. The van der Waals surface area contributed by atoms with E-state index >= 15 is 0 Å². The standard InChI is InChI=1S/C21H28N2O6S/c1-7-23(8-2)30(26,27)19-11-16(10-9-14(19)3)20(24)22(5)13-17-12-18(15(4)29-17)21(25)28-6/h9-12H,7-8,13H2,1-6H3. The number of rotatable bonds is 8. The maximum absolute atomic E-state index is 12.9. The molecule has 1 aromatic carbocycles. The van der Waals surface area contributed by atoms with E-state index in [1.54, 1.807) is 46.9 Å². The first-order valence-corrected chi connectivity index (χ1v) is 11.0. The lowest BCUT2D eigenvalue weighted by Gasteiger charge is -2.21.